The molecule has 1 rings (SSSR count). The van der Waals surface area contributed by atoms with Gasteiger partial charge < -0.3 is 18.7 Å². The second-order valence-electron chi connectivity index (χ2n) is 2.77. The van der Waals surface area contributed by atoms with Gasteiger partial charge >= 0.3 is 64.5 Å². The van der Waals surface area contributed by atoms with Crippen LogP contribution >= 0.6 is 0 Å². The fourth-order valence-corrected chi connectivity index (χ4v) is 0.898. The fraction of sp³-hybridized carbons (Fsp3) is 0.167. The Balaban J connectivity index is 0.00000225. The third-order valence-electron chi connectivity index (χ3n) is 1.62. The third kappa shape index (κ3) is 3.91. The first-order chi connectivity index (χ1) is 6.62. The van der Waals surface area contributed by atoms with Gasteiger partial charge in [0.05, 0.1) is 5.56 Å². The van der Waals surface area contributed by atoms with Crippen molar-refractivity contribution in [3.05, 3.63) is 17.8 Å². The van der Waals surface area contributed by atoms with Crippen LogP contribution in [-0.2, 0) is 6.18 Å². The van der Waals surface area contributed by atoms with Gasteiger partial charge in [-0.3, -0.25) is 0 Å². The maximum Gasteiger partial charge on any atom is 1.00 e. The molecule has 16 heavy (non-hydrogen) atoms. The SMILES string of the molecule is Nc1ncc([B-](F)(F)F)cc1C(F)(F)F.[K+]. The number of nitrogens with two attached hydrogens (primary N) is 1. The van der Waals surface area contributed by atoms with E-state index in [0.29, 0.717) is 0 Å². The Morgan fingerprint density at radius 1 is 1.19 bits per heavy atom. The van der Waals surface area contributed by atoms with Crippen LogP contribution < -0.4 is 62.6 Å². The van der Waals surface area contributed by atoms with Crippen molar-refractivity contribution in [3.8, 4) is 0 Å². The molecule has 0 saturated heterocycles. The first-order valence-corrected chi connectivity index (χ1v) is 3.65. The molecule has 1 aromatic heterocycles. The van der Waals surface area contributed by atoms with Crippen LogP contribution in [0.1, 0.15) is 5.56 Å². The predicted molar refractivity (Wildman–Crippen MR) is 42.4 cm³/mol. The van der Waals surface area contributed by atoms with E-state index < -0.39 is 30.0 Å². The van der Waals surface area contributed by atoms with Crippen LogP contribution in [0.2, 0.25) is 0 Å². The summed E-state index contributed by atoms with van der Waals surface area (Å²) in [5.74, 6) is -0.966. The molecule has 84 valence electrons. The number of hydrogen-bond donors (Lipinski definition) is 1. The normalized spacial score (nSPS) is 12.1. The number of nitrogen functional groups attached to an aromatic ring is 1. The summed E-state index contributed by atoms with van der Waals surface area (Å²) in [5.41, 5.74) is 1.84. The molecule has 0 fully saturated rings. The van der Waals surface area contributed by atoms with Gasteiger partial charge in [0.15, 0.2) is 0 Å². The van der Waals surface area contributed by atoms with Gasteiger partial charge in [-0.15, -0.1) is 0 Å². The van der Waals surface area contributed by atoms with Crippen molar-refractivity contribution < 1.29 is 77.5 Å². The molecule has 1 aromatic rings. The van der Waals surface area contributed by atoms with Crippen molar-refractivity contribution in [1.29, 1.82) is 0 Å². The van der Waals surface area contributed by atoms with Crippen molar-refractivity contribution in [3.63, 3.8) is 0 Å². The summed E-state index contributed by atoms with van der Waals surface area (Å²) in [6, 6.07) is -0.0394. The molecule has 0 aromatic carbocycles. The average Bonchev–Trinajstić information content (AvgIpc) is 2.00. The second kappa shape index (κ2) is 5.25. The van der Waals surface area contributed by atoms with Gasteiger partial charge in [-0.2, -0.15) is 13.2 Å². The summed E-state index contributed by atoms with van der Waals surface area (Å²) in [6.45, 7) is -5.51. The molecule has 10 heteroatoms. The molecule has 0 radical (unpaired) electrons. The molecule has 0 unspecified atom stereocenters. The zero-order valence-electron chi connectivity index (χ0n) is 8.02. The third-order valence-corrected chi connectivity index (χ3v) is 1.62. The largest absolute Gasteiger partial charge is 1.00 e. The fourth-order valence-electron chi connectivity index (χ4n) is 0.898. The molecular weight excluding hydrogens is 264 g/mol. The standard InChI is InChI=1S/C6H4BF6N2.K/c8-6(9,10)4-1-3(7(11,12)13)2-15-5(4)14;/h1-2H,(H2,14,15);/q-1;+1. The van der Waals surface area contributed by atoms with E-state index in [2.05, 4.69) is 4.98 Å². The summed E-state index contributed by atoms with van der Waals surface area (Å²) in [7, 11) is 0. The molecule has 0 aliphatic carbocycles. The van der Waals surface area contributed by atoms with E-state index in [0.717, 1.165) is 0 Å². The molecule has 0 saturated carbocycles. The van der Waals surface area contributed by atoms with Crippen LogP contribution in [0.5, 0.6) is 0 Å². The molecule has 1 heterocycles. The van der Waals surface area contributed by atoms with Crippen LogP contribution in [0.15, 0.2) is 12.3 Å². The summed E-state index contributed by atoms with van der Waals surface area (Å²) >= 11 is 0. The average molecular weight is 268 g/mol. The van der Waals surface area contributed by atoms with Crippen LogP contribution in [-0.4, -0.2) is 12.0 Å². The Morgan fingerprint density at radius 3 is 2.06 bits per heavy atom. The number of rotatable bonds is 1. The van der Waals surface area contributed by atoms with Gasteiger partial charge in [0.25, 0.3) is 0 Å². The molecule has 2 nitrogen and oxygen atoms in total. The Bertz CT molecular complexity index is 376. The smallest absolute Gasteiger partial charge is 0.445 e. The predicted octanol–water partition coefficient (Wildman–Crippen LogP) is -1.26. The number of anilines is 1. The number of nitrogens with zero attached hydrogens (tertiary/aromatic N) is 1. The van der Waals surface area contributed by atoms with Gasteiger partial charge in [-0.05, 0) is 0 Å². The number of hydrogen-bond acceptors (Lipinski definition) is 2. The number of pyridine rings is 1. The minimum atomic E-state index is -5.51. The van der Waals surface area contributed by atoms with E-state index in [9.17, 15) is 26.1 Å². The van der Waals surface area contributed by atoms with Crippen molar-refractivity contribution in [2.75, 3.05) is 5.73 Å². The molecule has 2 N–H and O–H groups in total. The van der Waals surface area contributed by atoms with Crippen LogP contribution in [0, 0.1) is 0 Å². The van der Waals surface area contributed by atoms with Gasteiger partial charge in [0.1, 0.15) is 5.82 Å². The first kappa shape index (κ1) is 16.2. The van der Waals surface area contributed by atoms with Gasteiger partial charge in [-0.1, -0.05) is 11.5 Å². The minimum absolute atomic E-state index is 0. The van der Waals surface area contributed by atoms with Gasteiger partial charge in [0.2, 0.25) is 0 Å². The Labute approximate surface area is 129 Å². The number of aromatic nitrogens is 1. The zero-order valence-corrected chi connectivity index (χ0v) is 11.1. The van der Waals surface area contributed by atoms with Crippen molar-refractivity contribution in [1.82, 2.24) is 4.98 Å². The van der Waals surface area contributed by atoms with E-state index in [1.54, 1.807) is 0 Å². The number of alkyl halides is 3. The van der Waals surface area contributed by atoms with Crippen molar-refractivity contribution in [2.45, 2.75) is 6.18 Å². The summed E-state index contributed by atoms with van der Waals surface area (Å²) < 4.78 is 72.7. The Kier molecular flexibility index (Phi) is 5.33. The quantitative estimate of drug-likeness (QED) is 0.510. The molecular formula is C6H4BF6KN2. The molecule has 0 spiro atoms. The van der Waals surface area contributed by atoms with Crippen molar-refractivity contribution >= 4 is 18.3 Å². The molecule has 0 aliphatic rings. The first-order valence-electron chi connectivity index (χ1n) is 3.65. The minimum Gasteiger partial charge on any atom is -0.445 e. The summed E-state index contributed by atoms with van der Waals surface area (Å²) in [6.07, 6.45) is -4.65. The zero-order chi connectivity index (χ0) is 11.9. The monoisotopic (exact) mass is 268 g/mol. The topological polar surface area (TPSA) is 38.9 Å². The van der Waals surface area contributed by atoms with Crippen LogP contribution in [0.25, 0.3) is 0 Å². The van der Waals surface area contributed by atoms with Gasteiger partial charge in [-0.25, -0.2) is 4.98 Å². The van der Waals surface area contributed by atoms with Crippen molar-refractivity contribution in [2.24, 2.45) is 0 Å². The maximum absolute atomic E-state index is 12.1. The molecule has 0 atom stereocenters. The van der Waals surface area contributed by atoms with E-state index in [4.69, 9.17) is 5.73 Å². The van der Waals surface area contributed by atoms with Gasteiger partial charge in [0, 0.05) is 6.20 Å². The van der Waals surface area contributed by atoms with E-state index in [1.165, 1.54) is 0 Å². The van der Waals surface area contributed by atoms with E-state index in [1.807, 2.05) is 0 Å². The second-order valence-corrected chi connectivity index (χ2v) is 2.77. The maximum atomic E-state index is 12.1. The molecule has 0 bridgehead atoms. The Morgan fingerprint density at radius 2 is 1.69 bits per heavy atom. The summed E-state index contributed by atoms with van der Waals surface area (Å²) in [4.78, 5) is 2.87. The van der Waals surface area contributed by atoms with Crippen LogP contribution in [0.3, 0.4) is 0 Å². The van der Waals surface area contributed by atoms with E-state index >= 15 is 0 Å². The van der Waals surface area contributed by atoms with E-state index in [-0.39, 0.29) is 63.6 Å². The Hall–Kier alpha value is 0.231. The van der Waals surface area contributed by atoms with Crippen LogP contribution in [0.4, 0.5) is 31.9 Å². The molecule has 0 amide bonds. The molecule has 0 aliphatic heterocycles. The summed E-state index contributed by atoms with van der Waals surface area (Å²) in [5, 5.41) is 0. The number of halogens is 6.